The first-order chi connectivity index (χ1) is 15.9. The minimum Gasteiger partial charge on any atom is -0.382 e. The van der Waals surface area contributed by atoms with E-state index in [4.69, 9.17) is 0 Å². The zero-order valence-electron chi connectivity index (χ0n) is 20.0. The van der Waals surface area contributed by atoms with Gasteiger partial charge in [-0.05, 0) is 37.1 Å². The number of benzene rings is 1. The number of anilines is 1. The largest absolute Gasteiger partial charge is 0.382 e. The van der Waals surface area contributed by atoms with Gasteiger partial charge in [0.2, 0.25) is 0 Å². The molecule has 0 atom stereocenters. The Bertz CT molecular complexity index is 1120. The minimum absolute atomic E-state index is 0.00835. The van der Waals surface area contributed by atoms with Crippen LogP contribution in [0.15, 0.2) is 65.4 Å². The summed E-state index contributed by atoms with van der Waals surface area (Å²) in [6, 6.07) is 11.4. The van der Waals surface area contributed by atoms with Crippen LogP contribution in [0.25, 0.3) is 17.5 Å². The maximum absolute atomic E-state index is 12.1. The molecule has 2 heterocycles. The van der Waals surface area contributed by atoms with E-state index in [1.165, 1.54) is 27.5 Å². The molecule has 0 bridgehead atoms. The molecule has 33 heavy (non-hydrogen) atoms. The molecule has 0 radical (unpaired) electrons. The Labute approximate surface area is 195 Å². The van der Waals surface area contributed by atoms with Crippen molar-refractivity contribution >= 4 is 18.0 Å². The molecule has 7 heteroatoms. The lowest BCUT2D eigenvalue weighted by Gasteiger charge is -2.11. The van der Waals surface area contributed by atoms with Crippen LogP contribution in [0.3, 0.4) is 0 Å². The van der Waals surface area contributed by atoms with Gasteiger partial charge in [0.25, 0.3) is 5.56 Å². The summed E-state index contributed by atoms with van der Waals surface area (Å²) >= 11 is 0. The van der Waals surface area contributed by atoms with Gasteiger partial charge in [0, 0.05) is 31.5 Å². The summed E-state index contributed by atoms with van der Waals surface area (Å²) in [6.07, 6.45) is 8.17. The molecule has 0 unspecified atom stereocenters. The highest BCUT2D eigenvalue weighted by Gasteiger charge is 2.10. The predicted octanol–water partition coefficient (Wildman–Crippen LogP) is 3.98. The second-order valence-electron chi connectivity index (χ2n) is 7.87. The van der Waals surface area contributed by atoms with Gasteiger partial charge < -0.3 is 15.4 Å². The topological polar surface area (TPSA) is 88.9 Å². The molecule has 1 aromatic carbocycles. The van der Waals surface area contributed by atoms with Crippen LogP contribution in [-0.2, 0) is 11.3 Å². The molecular formula is C26H33N5O2. The number of nitrogens with one attached hydrogen (secondary N) is 2. The van der Waals surface area contributed by atoms with Gasteiger partial charge in [-0.3, -0.25) is 14.3 Å². The second-order valence-corrected chi connectivity index (χ2v) is 7.87. The first kappa shape index (κ1) is 25.7. The van der Waals surface area contributed by atoms with Crippen molar-refractivity contribution in [2.45, 2.75) is 33.2 Å². The summed E-state index contributed by atoms with van der Waals surface area (Å²) < 4.78 is 1.36. The van der Waals surface area contributed by atoms with E-state index < -0.39 is 0 Å². The lowest BCUT2D eigenvalue weighted by molar-refractivity contribution is -0.108. The van der Waals surface area contributed by atoms with E-state index in [-0.39, 0.29) is 12.1 Å². The highest BCUT2D eigenvalue weighted by Crippen LogP contribution is 2.20. The Morgan fingerprint density at radius 2 is 1.85 bits per heavy atom. The van der Waals surface area contributed by atoms with Gasteiger partial charge in [0.15, 0.2) is 0 Å². The normalized spacial score (nSPS) is 11.0. The van der Waals surface area contributed by atoms with Crippen molar-refractivity contribution in [2.24, 2.45) is 0 Å². The zero-order chi connectivity index (χ0) is 24.2. The van der Waals surface area contributed by atoms with Gasteiger partial charge in [0.1, 0.15) is 17.8 Å². The molecular weight excluding hydrogens is 414 g/mol. The summed E-state index contributed by atoms with van der Waals surface area (Å²) in [5.41, 5.74) is 4.85. The van der Waals surface area contributed by atoms with Crippen molar-refractivity contribution in [3.05, 3.63) is 82.0 Å². The molecule has 2 aromatic heterocycles. The van der Waals surface area contributed by atoms with Gasteiger partial charge in [-0.25, -0.2) is 4.98 Å². The van der Waals surface area contributed by atoms with Crippen LogP contribution in [0.1, 0.15) is 37.8 Å². The third-order valence-corrected chi connectivity index (χ3v) is 4.97. The fourth-order valence-electron chi connectivity index (χ4n) is 3.38. The number of likely N-dealkylation sites (N-methyl/N-ethyl adjacent to an activating group) is 1. The number of carbonyl (C=O) groups is 1. The number of aldehydes is 1. The van der Waals surface area contributed by atoms with Gasteiger partial charge >= 0.3 is 0 Å². The maximum Gasteiger partial charge on any atom is 0.277 e. The molecule has 0 saturated heterocycles. The lowest BCUT2D eigenvalue weighted by Crippen LogP contribution is -2.25. The SMILES string of the molecule is CNC/C(C)=C/c1cnccc1C(C)C.CNc1cnc(-c2ccccc2)n(CC=O)c1=O. The maximum atomic E-state index is 12.1. The number of nitrogens with zero attached hydrogens (tertiary/aromatic N) is 3. The van der Waals surface area contributed by atoms with Crippen LogP contribution >= 0.6 is 0 Å². The average Bonchev–Trinajstić information content (AvgIpc) is 2.82. The summed E-state index contributed by atoms with van der Waals surface area (Å²) in [4.78, 5) is 31.2. The molecule has 7 nitrogen and oxygen atoms in total. The monoisotopic (exact) mass is 447 g/mol. The fourth-order valence-corrected chi connectivity index (χ4v) is 3.38. The summed E-state index contributed by atoms with van der Waals surface area (Å²) in [6.45, 7) is 7.46. The quantitative estimate of drug-likeness (QED) is 0.508. The molecule has 0 aliphatic heterocycles. The molecule has 0 spiro atoms. The van der Waals surface area contributed by atoms with Crippen LogP contribution in [-0.4, -0.2) is 41.5 Å². The van der Waals surface area contributed by atoms with Crippen molar-refractivity contribution in [2.75, 3.05) is 26.0 Å². The van der Waals surface area contributed by atoms with E-state index in [1.807, 2.05) is 49.8 Å². The van der Waals surface area contributed by atoms with E-state index in [2.05, 4.69) is 53.5 Å². The Morgan fingerprint density at radius 1 is 1.12 bits per heavy atom. The van der Waals surface area contributed by atoms with Crippen LogP contribution in [0, 0.1) is 0 Å². The second kappa shape index (κ2) is 13.1. The lowest BCUT2D eigenvalue weighted by atomic mass is 9.98. The average molecular weight is 448 g/mol. The third-order valence-electron chi connectivity index (χ3n) is 4.97. The van der Waals surface area contributed by atoms with E-state index in [1.54, 1.807) is 7.05 Å². The molecule has 0 saturated carbocycles. The number of carbonyl (C=O) groups excluding carboxylic acids is 1. The highest BCUT2D eigenvalue weighted by molar-refractivity contribution is 5.59. The van der Waals surface area contributed by atoms with Crippen molar-refractivity contribution in [1.29, 1.82) is 0 Å². The van der Waals surface area contributed by atoms with E-state index in [0.29, 0.717) is 23.7 Å². The Kier molecular flexibility index (Phi) is 10.2. The fraction of sp³-hybridized carbons (Fsp3) is 0.308. The van der Waals surface area contributed by atoms with Crippen molar-refractivity contribution in [1.82, 2.24) is 19.9 Å². The van der Waals surface area contributed by atoms with E-state index in [9.17, 15) is 9.59 Å². The number of pyridine rings is 1. The van der Waals surface area contributed by atoms with Crippen LogP contribution in [0.4, 0.5) is 5.69 Å². The van der Waals surface area contributed by atoms with E-state index >= 15 is 0 Å². The number of hydrogen-bond acceptors (Lipinski definition) is 6. The molecule has 174 valence electrons. The molecule has 0 aliphatic carbocycles. The Morgan fingerprint density at radius 3 is 2.45 bits per heavy atom. The van der Waals surface area contributed by atoms with Crippen molar-refractivity contribution < 1.29 is 4.79 Å². The van der Waals surface area contributed by atoms with Crippen LogP contribution in [0.2, 0.25) is 0 Å². The van der Waals surface area contributed by atoms with E-state index in [0.717, 1.165) is 12.1 Å². The Balaban J connectivity index is 0.000000238. The zero-order valence-corrected chi connectivity index (χ0v) is 20.0. The number of aromatic nitrogens is 3. The van der Waals surface area contributed by atoms with Gasteiger partial charge in [-0.2, -0.15) is 0 Å². The van der Waals surface area contributed by atoms with Gasteiger partial charge in [-0.1, -0.05) is 55.8 Å². The molecule has 0 amide bonds. The molecule has 0 fully saturated rings. The summed E-state index contributed by atoms with van der Waals surface area (Å²) in [5, 5.41) is 5.91. The standard InChI is InChI=1S/C13H13N3O2.C13H20N2/c1-14-11-9-15-12(10-5-3-2-4-6-10)16(7-8-17)13(11)18;1-10(2)13-5-6-15-9-12(13)7-11(3)8-14-4/h2-6,8-9,14H,7H2,1H3;5-7,9-10,14H,8H2,1-4H3/b;11-7+. The first-order valence-corrected chi connectivity index (χ1v) is 10.9. The predicted molar refractivity (Wildman–Crippen MR) is 135 cm³/mol. The number of rotatable bonds is 8. The van der Waals surface area contributed by atoms with Gasteiger partial charge in [-0.15, -0.1) is 0 Å². The third kappa shape index (κ3) is 7.22. The van der Waals surface area contributed by atoms with Crippen LogP contribution < -0.4 is 16.2 Å². The molecule has 0 aliphatic rings. The summed E-state index contributed by atoms with van der Waals surface area (Å²) in [7, 11) is 3.61. The van der Waals surface area contributed by atoms with Crippen LogP contribution in [0.5, 0.6) is 0 Å². The minimum atomic E-state index is -0.251. The number of hydrogen-bond donors (Lipinski definition) is 2. The summed E-state index contributed by atoms with van der Waals surface area (Å²) in [5.74, 6) is 1.04. The molecule has 3 aromatic rings. The molecule has 3 rings (SSSR count). The first-order valence-electron chi connectivity index (χ1n) is 10.9. The molecule has 2 N–H and O–H groups in total. The van der Waals surface area contributed by atoms with Crippen molar-refractivity contribution in [3.8, 4) is 11.4 Å². The highest BCUT2D eigenvalue weighted by atomic mass is 16.1. The van der Waals surface area contributed by atoms with Gasteiger partial charge in [0.05, 0.1) is 12.7 Å². The smallest absolute Gasteiger partial charge is 0.277 e. The Hall–Kier alpha value is -3.58. The van der Waals surface area contributed by atoms with Crippen molar-refractivity contribution in [3.63, 3.8) is 0 Å².